The summed E-state index contributed by atoms with van der Waals surface area (Å²) >= 11 is 6.01. The van der Waals surface area contributed by atoms with Gasteiger partial charge < -0.3 is 15.0 Å². The predicted molar refractivity (Wildman–Crippen MR) is 96.6 cm³/mol. The molecule has 1 saturated heterocycles. The number of hydrogen-bond acceptors (Lipinski definition) is 3. The summed E-state index contributed by atoms with van der Waals surface area (Å²) in [6.45, 7) is 1.01. The fourth-order valence-corrected chi connectivity index (χ4v) is 3.96. The molecule has 3 rings (SSSR count). The van der Waals surface area contributed by atoms with Crippen LogP contribution in [0.2, 0.25) is 5.02 Å². The monoisotopic (exact) mass is 364 g/mol. The molecule has 0 unspecified atom stereocenters. The van der Waals surface area contributed by atoms with Crippen LogP contribution in [0.4, 0.5) is 0 Å². The van der Waals surface area contributed by atoms with Gasteiger partial charge in [0, 0.05) is 25.2 Å². The van der Waals surface area contributed by atoms with E-state index in [0.29, 0.717) is 18.1 Å². The Hall–Kier alpha value is -1.59. The average molecular weight is 365 g/mol. The molecule has 1 saturated carbocycles. The molecular weight excluding hydrogens is 340 g/mol. The largest absolute Gasteiger partial charge is 0.365 e. The van der Waals surface area contributed by atoms with Gasteiger partial charge in [0.1, 0.15) is 6.61 Å². The number of hydrogen-bond donors (Lipinski definition) is 1. The van der Waals surface area contributed by atoms with Crippen LogP contribution in [0.5, 0.6) is 0 Å². The minimum Gasteiger partial charge on any atom is -0.365 e. The summed E-state index contributed by atoms with van der Waals surface area (Å²) in [6.07, 6.45) is 4.81. The Bertz CT molecular complexity index is 626. The van der Waals surface area contributed by atoms with Gasteiger partial charge in [-0.3, -0.25) is 9.59 Å². The topological polar surface area (TPSA) is 58.6 Å². The van der Waals surface area contributed by atoms with Crippen LogP contribution in [0, 0.1) is 0 Å². The molecule has 1 atom stereocenters. The second-order valence-electron chi connectivity index (χ2n) is 7.07. The summed E-state index contributed by atoms with van der Waals surface area (Å²) in [5.41, 5.74) is 0.546. The summed E-state index contributed by atoms with van der Waals surface area (Å²) in [7, 11) is 1.76. The van der Waals surface area contributed by atoms with E-state index in [2.05, 4.69) is 5.32 Å². The van der Waals surface area contributed by atoms with Crippen molar-refractivity contribution in [3.8, 4) is 0 Å². The molecule has 2 amide bonds. The molecule has 136 valence electrons. The second-order valence-corrected chi connectivity index (χ2v) is 7.50. The number of nitrogens with zero attached hydrogens (tertiary/aromatic N) is 1. The standard InChI is InChI=1S/C19H25ClN2O3/c1-22-12-16(25-13-17(22)23)11-21-18(24)19(9-3-2-4-10-19)14-5-7-15(20)8-6-14/h5-8,16H,2-4,9-13H2,1H3,(H,21,24)/t16-/m0/s1. The molecule has 2 aliphatic rings. The van der Waals surface area contributed by atoms with Gasteiger partial charge in [-0.25, -0.2) is 0 Å². The van der Waals surface area contributed by atoms with Crippen molar-refractivity contribution in [1.29, 1.82) is 0 Å². The van der Waals surface area contributed by atoms with Crippen molar-refractivity contribution in [1.82, 2.24) is 10.2 Å². The lowest BCUT2D eigenvalue weighted by Gasteiger charge is -2.37. The van der Waals surface area contributed by atoms with Crippen molar-refractivity contribution in [2.75, 3.05) is 26.7 Å². The van der Waals surface area contributed by atoms with Crippen molar-refractivity contribution in [2.24, 2.45) is 0 Å². The molecule has 25 heavy (non-hydrogen) atoms. The third-order valence-corrected chi connectivity index (χ3v) is 5.63. The Labute approximate surface area is 153 Å². The van der Waals surface area contributed by atoms with Crippen molar-refractivity contribution < 1.29 is 14.3 Å². The molecule has 0 radical (unpaired) electrons. The molecule has 0 bridgehead atoms. The van der Waals surface area contributed by atoms with Crippen molar-refractivity contribution in [2.45, 2.75) is 43.6 Å². The summed E-state index contributed by atoms with van der Waals surface area (Å²) in [5.74, 6) is 0.0326. The first-order chi connectivity index (χ1) is 12.0. The van der Waals surface area contributed by atoms with Crippen LogP contribution in [0.15, 0.2) is 24.3 Å². The Morgan fingerprint density at radius 1 is 1.28 bits per heavy atom. The summed E-state index contributed by atoms with van der Waals surface area (Å²) in [6, 6.07) is 7.64. The van der Waals surface area contributed by atoms with Crippen LogP contribution in [-0.4, -0.2) is 49.6 Å². The van der Waals surface area contributed by atoms with Gasteiger partial charge in [-0.05, 0) is 30.5 Å². The SMILES string of the molecule is CN1C[C@H](CNC(=O)C2(c3ccc(Cl)cc3)CCCCC2)OCC1=O. The lowest BCUT2D eigenvalue weighted by molar-refractivity contribution is -0.146. The van der Waals surface area contributed by atoms with E-state index in [1.54, 1.807) is 11.9 Å². The van der Waals surface area contributed by atoms with E-state index in [9.17, 15) is 9.59 Å². The predicted octanol–water partition coefficient (Wildman–Crippen LogP) is 2.52. The van der Waals surface area contributed by atoms with Gasteiger partial charge >= 0.3 is 0 Å². The maximum Gasteiger partial charge on any atom is 0.248 e. The normalized spacial score (nSPS) is 23.4. The zero-order valence-corrected chi connectivity index (χ0v) is 15.3. The molecule has 1 aliphatic carbocycles. The zero-order valence-electron chi connectivity index (χ0n) is 14.6. The number of morpholine rings is 1. The molecule has 1 aliphatic heterocycles. The van der Waals surface area contributed by atoms with E-state index in [0.717, 1.165) is 31.2 Å². The maximum absolute atomic E-state index is 13.1. The highest BCUT2D eigenvalue weighted by Crippen LogP contribution is 2.40. The van der Waals surface area contributed by atoms with E-state index in [1.165, 1.54) is 6.42 Å². The number of benzene rings is 1. The maximum atomic E-state index is 13.1. The fraction of sp³-hybridized carbons (Fsp3) is 0.579. The van der Waals surface area contributed by atoms with E-state index in [4.69, 9.17) is 16.3 Å². The Balaban J connectivity index is 1.69. The lowest BCUT2D eigenvalue weighted by atomic mass is 9.68. The van der Waals surface area contributed by atoms with E-state index >= 15 is 0 Å². The van der Waals surface area contributed by atoms with Gasteiger partial charge in [-0.1, -0.05) is 43.0 Å². The van der Waals surface area contributed by atoms with Gasteiger partial charge in [0.15, 0.2) is 0 Å². The molecule has 1 N–H and O–H groups in total. The van der Waals surface area contributed by atoms with Crippen molar-refractivity contribution >= 4 is 23.4 Å². The van der Waals surface area contributed by atoms with Crippen molar-refractivity contribution in [3.63, 3.8) is 0 Å². The van der Waals surface area contributed by atoms with Gasteiger partial charge in [0.05, 0.1) is 11.5 Å². The molecule has 1 heterocycles. The first kappa shape index (κ1) is 18.2. The van der Waals surface area contributed by atoms with Crippen molar-refractivity contribution in [3.05, 3.63) is 34.9 Å². The van der Waals surface area contributed by atoms with E-state index < -0.39 is 5.41 Å². The van der Waals surface area contributed by atoms with E-state index in [1.807, 2.05) is 24.3 Å². The smallest absolute Gasteiger partial charge is 0.248 e. The number of rotatable bonds is 4. The summed E-state index contributed by atoms with van der Waals surface area (Å²) in [5, 5.41) is 3.76. The highest BCUT2D eigenvalue weighted by molar-refractivity contribution is 6.30. The Morgan fingerprint density at radius 2 is 1.96 bits per heavy atom. The van der Waals surface area contributed by atoms with Gasteiger partial charge in [0.2, 0.25) is 11.8 Å². The molecule has 0 spiro atoms. The lowest BCUT2D eigenvalue weighted by Crippen LogP contribution is -2.52. The number of carbonyl (C=O) groups excluding carboxylic acids is 2. The molecule has 2 fully saturated rings. The second kappa shape index (κ2) is 7.75. The van der Waals surface area contributed by atoms with Crippen LogP contribution in [0.1, 0.15) is 37.7 Å². The minimum atomic E-state index is -0.487. The first-order valence-corrected chi connectivity index (χ1v) is 9.29. The summed E-state index contributed by atoms with van der Waals surface area (Å²) < 4.78 is 5.53. The Morgan fingerprint density at radius 3 is 2.60 bits per heavy atom. The van der Waals surface area contributed by atoms with Crippen LogP contribution in [0.3, 0.4) is 0 Å². The van der Waals surface area contributed by atoms with Crippen LogP contribution in [-0.2, 0) is 19.7 Å². The Kier molecular flexibility index (Phi) is 5.64. The highest BCUT2D eigenvalue weighted by atomic mass is 35.5. The highest BCUT2D eigenvalue weighted by Gasteiger charge is 2.41. The van der Waals surface area contributed by atoms with Gasteiger partial charge in [-0.2, -0.15) is 0 Å². The van der Waals surface area contributed by atoms with Crippen LogP contribution >= 0.6 is 11.6 Å². The van der Waals surface area contributed by atoms with Crippen LogP contribution in [0.25, 0.3) is 0 Å². The molecule has 0 aromatic heterocycles. The molecule has 6 heteroatoms. The average Bonchev–Trinajstić information content (AvgIpc) is 2.63. The van der Waals surface area contributed by atoms with Gasteiger partial charge in [-0.15, -0.1) is 0 Å². The number of carbonyl (C=O) groups is 2. The third kappa shape index (κ3) is 3.98. The van der Waals surface area contributed by atoms with Gasteiger partial charge in [0.25, 0.3) is 0 Å². The summed E-state index contributed by atoms with van der Waals surface area (Å²) in [4.78, 5) is 26.3. The number of amides is 2. The van der Waals surface area contributed by atoms with Crippen LogP contribution < -0.4 is 5.32 Å². The zero-order chi connectivity index (χ0) is 17.9. The van der Waals surface area contributed by atoms with E-state index in [-0.39, 0.29) is 24.5 Å². The molecule has 1 aromatic carbocycles. The third-order valence-electron chi connectivity index (χ3n) is 5.37. The number of halogens is 1. The number of nitrogens with one attached hydrogen (secondary N) is 1. The number of ether oxygens (including phenoxy) is 1. The fourth-order valence-electron chi connectivity index (χ4n) is 3.83. The number of likely N-dealkylation sites (N-methyl/N-ethyl adjacent to an activating group) is 1. The molecular formula is C19H25ClN2O3. The first-order valence-electron chi connectivity index (χ1n) is 8.91. The quantitative estimate of drug-likeness (QED) is 0.893. The molecule has 1 aromatic rings. The minimum absolute atomic E-state index is 0.0208. The molecule has 5 nitrogen and oxygen atoms in total.